The summed E-state index contributed by atoms with van der Waals surface area (Å²) in [6.45, 7) is 4.44. The van der Waals surface area contributed by atoms with E-state index in [1.54, 1.807) is 0 Å². The minimum atomic E-state index is -0.365. The molecule has 0 bridgehead atoms. The molecule has 0 amide bonds. The Hall–Kier alpha value is -0.340. The van der Waals surface area contributed by atoms with Gasteiger partial charge in [-0.05, 0) is 37.1 Å². The van der Waals surface area contributed by atoms with Gasteiger partial charge in [0.1, 0.15) is 0 Å². The Morgan fingerprint density at radius 2 is 2.12 bits per heavy atom. The van der Waals surface area contributed by atoms with E-state index in [-0.39, 0.29) is 11.0 Å². The van der Waals surface area contributed by atoms with Gasteiger partial charge in [0, 0.05) is 10.3 Å². The van der Waals surface area contributed by atoms with Gasteiger partial charge in [0.15, 0.2) is 0 Å². The smallest absolute Gasteiger partial charge is 0.0665 e. The van der Waals surface area contributed by atoms with Gasteiger partial charge in [0.05, 0.1) is 5.60 Å². The minimum Gasteiger partial charge on any atom is -0.390 e. The van der Waals surface area contributed by atoms with Crippen molar-refractivity contribution in [3.63, 3.8) is 0 Å². The summed E-state index contributed by atoms with van der Waals surface area (Å²) >= 11 is 1.84. The minimum absolute atomic E-state index is 0.288. The molecule has 1 aliphatic carbocycles. The first-order valence-electron chi connectivity index (χ1n) is 6.40. The molecule has 16 heavy (non-hydrogen) atoms. The lowest BCUT2D eigenvalue weighted by atomic mass is 9.56. The summed E-state index contributed by atoms with van der Waals surface area (Å²) in [5.41, 5.74) is -0.0767. The van der Waals surface area contributed by atoms with Crippen LogP contribution in [0.3, 0.4) is 0 Å². The summed E-state index contributed by atoms with van der Waals surface area (Å²) in [5, 5.41) is 12.6. The van der Waals surface area contributed by atoms with Crippen molar-refractivity contribution < 1.29 is 5.11 Å². The summed E-state index contributed by atoms with van der Waals surface area (Å²) in [7, 11) is 0. The van der Waals surface area contributed by atoms with Gasteiger partial charge < -0.3 is 5.11 Å². The second-order valence-corrected chi connectivity index (χ2v) is 6.24. The number of hydrogen-bond acceptors (Lipinski definition) is 2. The van der Waals surface area contributed by atoms with Crippen molar-refractivity contribution in [3.05, 3.63) is 22.4 Å². The molecule has 1 aromatic heterocycles. The van der Waals surface area contributed by atoms with Crippen molar-refractivity contribution in [3.8, 4) is 0 Å². The molecule has 1 fully saturated rings. The largest absolute Gasteiger partial charge is 0.390 e. The van der Waals surface area contributed by atoms with Gasteiger partial charge in [-0.15, -0.1) is 11.3 Å². The molecule has 1 saturated carbocycles. The maximum absolute atomic E-state index is 10.4. The van der Waals surface area contributed by atoms with Crippen LogP contribution in [0.4, 0.5) is 0 Å². The zero-order valence-corrected chi connectivity index (χ0v) is 11.1. The predicted octanol–water partition coefficient (Wildman–Crippen LogP) is 4.11. The summed E-state index contributed by atoms with van der Waals surface area (Å²) in [6.07, 6.45) is 6.41. The van der Waals surface area contributed by atoms with Crippen LogP contribution in [0.25, 0.3) is 0 Å². The number of thiophene rings is 1. The third-order valence-electron chi connectivity index (χ3n) is 4.05. The molecule has 2 heteroatoms. The summed E-state index contributed by atoms with van der Waals surface area (Å²) in [4.78, 5) is 1.47. The second kappa shape index (κ2) is 4.50. The monoisotopic (exact) mass is 238 g/mol. The van der Waals surface area contributed by atoms with E-state index in [2.05, 4.69) is 31.4 Å². The third-order valence-corrected chi connectivity index (χ3v) is 5.17. The van der Waals surface area contributed by atoms with E-state index in [1.165, 1.54) is 11.3 Å². The zero-order chi connectivity index (χ0) is 11.6. The highest BCUT2D eigenvalue weighted by atomic mass is 32.1. The zero-order valence-electron chi connectivity index (χ0n) is 10.3. The van der Waals surface area contributed by atoms with E-state index in [9.17, 15) is 5.11 Å². The highest BCUT2D eigenvalue weighted by Gasteiger charge is 2.53. The quantitative estimate of drug-likeness (QED) is 0.818. The lowest BCUT2D eigenvalue weighted by molar-refractivity contribution is -0.0981. The molecule has 0 spiro atoms. The van der Waals surface area contributed by atoms with Crippen LogP contribution in [0.1, 0.15) is 57.2 Å². The highest BCUT2D eigenvalue weighted by molar-refractivity contribution is 7.10. The van der Waals surface area contributed by atoms with Crippen LogP contribution in [-0.2, 0) is 5.41 Å². The third kappa shape index (κ3) is 2.05. The first-order chi connectivity index (χ1) is 7.64. The maximum atomic E-state index is 10.4. The van der Waals surface area contributed by atoms with Crippen molar-refractivity contribution in [2.45, 2.75) is 63.4 Å². The fourth-order valence-electron chi connectivity index (χ4n) is 3.07. The van der Waals surface area contributed by atoms with Crippen molar-refractivity contribution in [1.82, 2.24) is 0 Å². The summed E-state index contributed by atoms with van der Waals surface area (Å²) in [6, 6.07) is 4.36. The first-order valence-corrected chi connectivity index (χ1v) is 7.28. The van der Waals surface area contributed by atoms with E-state index < -0.39 is 0 Å². The molecule has 1 aromatic rings. The first kappa shape index (κ1) is 12.1. The molecule has 0 aromatic carbocycles. The molecule has 0 unspecified atom stereocenters. The van der Waals surface area contributed by atoms with Gasteiger partial charge in [0.2, 0.25) is 0 Å². The lowest BCUT2D eigenvalue weighted by Crippen LogP contribution is -2.54. The Morgan fingerprint density at radius 1 is 1.38 bits per heavy atom. The van der Waals surface area contributed by atoms with Crippen LogP contribution in [-0.4, -0.2) is 10.7 Å². The number of rotatable bonds is 5. The summed E-state index contributed by atoms with van der Waals surface area (Å²) < 4.78 is 0. The van der Waals surface area contributed by atoms with Gasteiger partial charge in [-0.3, -0.25) is 0 Å². The van der Waals surface area contributed by atoms with Crippen molar-refractivity contribution in [1.29, 1.82) is 0 Å². The molecular weight excluding hydrogens is 216 g/mol. The van der Waals surface area contributed by atoms with Crippen molar-refractivity contribution in [2.24, 2.45) is 0 Å². The topological polar surface area (TPSA) is 20.2 Å². The van der Waals surface area contributed by atoms with E-state index in [0.717, 1.165) is 32.1 Å². The van der Waals surface area contributed by atoms with Crippen LogP contribution in [0.15, 0.2) is 17.5 Å². The molecule has 90 valence electrons. The maximum Gasteiger partial charge on any atom is 0.0665 e. The normalized spacial score (nSPS) is 33.7. The Balaban J connectivity index is 2.02. The Morgan fingerprint density at radius 3 is 2.62 bits per heavy atom. The van der Waals surface area contributed by atoms with Gasteiger partial charge >= 0.3 is 0 Å². The van der Waals surface area contributed by atoms with Gasteiger partial charge in [0.25, 0.3) is 0 Å². The Bertz CT molecular complexity index is 323. The predicted molar refractivity (Wildman–Crippen MR) is 70.0 cm³/mol. The molecule has 0 radical (unpaired) electrons. The molecule has 0 aliphatic heterocycles. The Labute approximate surface area is 103 Å². The molecule has 0 saturated heterocycles. The molecule has 1 heterocycles. The van der Waals surface area contributed by atoms with Crippen LogP contribution < -0.4 is 0 Å². The van der Waals surface area contributed by atoms with Crippen LogP contribution in [0.5, 0.6) is 0 Å². The molecular formula is C14H22OS. The molecule has 2 rings (SSSR count). The van der Waals surface area contributed by atoms with E-state index in [4.69, 9.17) is 0 Å². The van der Waals surface area contributed by atoms with E-state index in [0.29, 0.717) is 0 Å². The molecule has 1 aliphatic rings. The SMILES string of the molecule is CCCCC1(O)CC(CC)(c2cccs2)C1. The van der Waals surface area contributed by atoms with Crippen LogP contribution >= 0.6 is 11.3 Å². The van der Waals surface area contributed by atoms with Crippen molar-refractivity contribution in [2.75, 3.05) is 0 Å². The number of hydrogen-bond donors (Lipinski definition) is 1. The van der Waals surface area contributed by atoms with E-state index >= 15 is 0 Å². The number of unbranched alkanes of at least 4 members (excludes halogenated alkanes) is 1. The molecule has 1 N–H and O–H groups in total. The van der Waals surface area contributed by atoms with Gasteiger partial charge in [-0.1, -0.05) is 32.8 Å². The molecule has 1 nitrogen and oxygen atoms in total. The fraction of sp³-hybridized carbons (Fsp3) is 0.714. The van der Waals surface area contributed by atoms with Gasteiger partial charge in [-0.2, -0.15) is 0 Å². The summed E-state index contributed by atoms with van der Waals surface area (Å²) in [5.74, 6) is 0. The standard InChI is InChI=1S/C14H22OS/c1-3-5-8-14(15)10-13(4-2,11-14)12-7-6-9-16-12/h6-7,9,15H,3-5,8,10-11H2,1-2H3. The van der Waals surface area contributed by atoms with E-state index in [1.807, 2.05) is 11.3 Å². The lowest BCUT2D eigenvalue weighted by Gasteiger charge is -2.53. The average molecular weight is 238 g/mol. The average Bonchev–Trinajstić information content (AvgIpc) is 2.76. The van der Waals surface area contributed by atoms with Gasteiger partial charge in [-0.25, -0.2) is 0 Å². The number of aliphatic hydroxyl groups is 1. The second-order valence-electron chi connectivity index (χ2n) is 5.29. The Kier molecular flexibility index (Phi) is 3.41. The van der Waals surface area contributed by atoms with Crippen LogP contribution in [0.2, 0.25) is 0 Å². The van der Waals surface area contributed by atoms with Crippen LogP contribution in [0, 0.1) is 0 Å². The molecule has 0 atom stereocenters. The highest BCUT2D eigenvalue weighted by Crippen LogP contribution is 2.55. The fourth-order valence-corrected chi connectivity index (χ4v) is 4.07. The van der Waals surface area contributed by atoms with Crippen molar-refractivity contribution >= 4 is 11.3 Å².